The molecule has 6 nitrogen and oxygen atoms in total. The molecule has 0 aliphatic carbocycles. The van der Waals surface area contributed by atoms with E-state index < -0.39 is 0 Å². The Bertz CT molecular complexity index is 881. The quantitative estimate of drug-likeness (QED) is 0.188. The first kappa shape index (κ1) is 38.5. The van der Waals surface area contributed by atoms with Crippen molar-refractivity contribution in [2.24, 2.45) is 11.7 Å². The van der Waals surface area contributed by atoms with Gasteiger partial charge in [-0.1, -0.05) is 82.8 Å². The summed E-state index contributed by atoms with van der Waals surface area (Å²) in [7, 11) is 1.44. The number of allylic oxidation sites excluding steroid dienone is 1. The highest BCUT2D eigenvalue weighted by molar-refractivity contribution is 8.00. The van der Waals surface area contributed by atoms with Crippen LogP contribution in [0.5, 0.6) is 0 Å². The van der Waals surface area contributed by atoms with Gasteiger partial charge in [0.05, 0.1) is 17.8 Å². The van der Waals surface area contributed by atoms with Crippen LogP contribution >= 0.6 is 23.7 Å². The Morgan fingerprint density at radius 1 is 1.27 bits per heavy atom. The van der Waals surface area contributed by atoms with Gasteiger partial charge < -0.3 is 15.4 Å². The second-order valence-electron chi connectivity index (χ2n) is 10.7. The Morgan fingerprint density at radius 3 is 2.35 bits per heavy atom. The van der Waals surface area contributed by atoms with Crippen molar-refractivity contribution in [2.45, 2.75) is 110 Å². The van der Waals surface area contributed by atoms with Crippen LogP contribution in [0, 0.1) is 5.92 Å². The summed E-state index contributed by atoms with van der Waals surface area (Å²) < 4.78 is 6.71. The van der Waals surface area contributed by atoms with E-state index in [0.29, 0.717) is 0 Å². The van der Waals surface area contributed by atoms with Gasteiger partial charge in [-0.05, 0) is 57.9 Å². The third-order valence-corrected chi connectivity index (χ3v) is 8.76. The van der Waals surface area contributed by atoms with Crippen LogP contribution in [-0.2, 0) is 27.3 Å². The summed E-state index contributed by atoms with van der Waals surface area (Å²) in [4.78, 5) is 26.3. The van der Waals surface area contributed by atoms with Crippen LogP contribution in [0.4, 0.5) is 0 Å². The molecule has 2 aliphatic heterocycles. The number of methoxy groups -OCH3 is 1. The number of esters is 1. The fourth-order valence-electron chi connectivity index (χ4n) is 4.72. The Hall–Kier alpha value is -1.48. The minimum absolute atomic E-state index is 0.0627. The van der Waals surface area contributed by atoms with Gasteiger partial charge >= 0.3 is 5.97 Å². The van der Waals surface area contributed by atoms with E-state index in [9.17, 15) is 9.59 Å². The smallest absolute Gasteiger partial charge is 0.308 e. The molecule has 2 heterocycles. The van der Waals surface area contributed by atoms with E-state index in [1.165, 1.54) is 18.2 Å². The molecule has 0 radical (unpaired) electrons. The first-order chi connectivity index (χ1) is 19.0. The number of amides is 1. The van der Waals surface area contributed by atoms with Gasteiger partial charge in [-0.2, -0.15) is 11.8 Å². The third-order valence-electron chi connectivity index (χ3n) is 6.71. The topological polar surface area (TPSA) is 75.9 Å². The summed E-state index contributed by atoms with van der Waals surface area (Å²) in [5, 5.41) is 0. The number of nitrogens with zero attached hydrogens (tertiary/aromatic N) is 2. The van der Waals surface area contributed by atoms with Crippen LogP contribution in [0.15, 0.2) is 36.9 Å². The summed E-state index contributed by atoms with van der Waals surface area (Å²) in [6.07, 6.45) is 7.96. The Labute approximate surface area is 254 Å². The zero-order chi connectivity index (χ0) is 30.9. The number of ether oxygens (including phenoxy) is 1. The zero-order valence-corrected chi connectivity index (χ0v) is 28.5. The number of thioether (sulfide) groups is 1. The highest BCUT2D eigenvalue weighted by Crippen LogP contribution is 2.47. The predicted molar refractivity (Wildman–Crippen MR) is 177 cm³/mol. The fourth-order valence-corrected chi connectivity index (χ4v) is 6.75. The van der Waals surface area contributed by atoms with Crippen LogP contribution in [0.3, 0.4) is 0 Å². The van der Waals surface area contributed by atoms with E-state index in [0.717, 1.165) is 44.5 Å². The first-order valence-corrected chi connectivity index (χ1v) is 16.9. The molecule has 1 fully saturated rings. The standard InChI is InChI=1S/C19H29N3OS2.C8H16O2.C3H6.C2H6/c1-13-9-14-7-5-6-8-15(14)10-21(13)18(23)17-19(2,3)25-22(17)11-16(20)12-24-4;1-4-5-6-7(2)8(9)10-3;1-3-2;1-2/h5-8,13,16-17H,9-12,20H2,1-4H3;7H,4-6H2,1-3H3;3H,1H2,2H3;1-2H3/t13?,16-,17-;7-;;/m10../s1. The van der Waals surface area contributed by atoms with E-state index in [1.807, 2.05) is 27.7 Å². The van der Waals surface area contributed by atoms with Crippen molar-refractivity contribution in [1.29, 1.82) is 0 Å². The molecule has 1 aromatic carbocycles. The number of rotatable bonds is 9. The van der Waals surface area contributed by atoms with Crippen molar-refractivity contribution < 1.29 is 14.3 Å². The second kappa shape index (κ2) is 20.4. The molecule has 40 heavy (non-hydrogen) atoms. The number of hydrogen-bond donors (Lipinski definition) is 1. The molecule has 4 atom stereocenters. The van der Waals surface area contributed by atoms with Gasteiger partial charge in [-0.25, -0.2) is 4.31 Å². The highest BCUT2D eigenvalue weighted by atomic mass is 32.2. The molecular formula is C32H57N3O3S2. The zero-order valence-electron chi connectivity index (χ0n) is 26.9. The number of carbonyl (C=O) groups excluding carboxylic acids is 2. The molecule has 0 spiro atoms. The second-order valence-corrected chi connectivity index (χ2v) is 13.3. The predicted octanol–water partition coefficient (Wildman–Crippen LogP) is 6.97. The van der Waals surface area contributed by atoms with Gasteiger partial charge in [0.2, 0.25) is 5.91 Å². The van der Waals surface area contributed by atoms with Crippen molar-refractivity contribution in [3.63, 3.8) is 0 Å². The summed E-state index contributed by atoms with van der Waals surface area (Å²) in [6, 6.07) is 8.74. The molecule has 0 aromatic heterocycles. The van der Waals surface area contributed by atoms with Crippen molar-refractivity contribution in [2.75, 3.05) is 25.7 Å². The van der Waals surface area contributed by atoms with Crippen LogP contribution in [0.1, 0.15) is 85.8 Å². The van der Waals surface area contributed by atoms with E-state index >= 15 is 0 Å². The van der Waals surface area contributed by atoms with E-state index in [4.69, 9.17) is 5.73 Å². The number of carbonyl (C=O) groups is 2. The monoisotopic (exact) mass is 595 g/mol. The van der Waals surface area contributed by atoms with Gasteiger partial charge in [0.25, 0.3) is 0 Å². The van der Waals surface area contributed by atoms with E-state index in [1.54, 1.807) is 29.8 Å². The maximum atomic E-state index is 13.4. The Balaban J connectivity index is 0.000000850. The SMILES string of the molecule is C=CC.CC.CCCC[C@H](C)C(=O)OC.CSC[C@H](N)CN1SC(C)(C)[C@H]1C(=O)N1Cc2ccccc2CC1C. The minimum Gasteiger partial charge on any atom is -0.469 e. The number of fused-ring (bicyclic) bond motifs is 1. The lowest BCUT2D eigenvalue weighted by Gasteiger charge is -2.54. The molecule has 0 bridgehead atoms. The van der Waals surface area contributed by atoms with Crippen LogP contribution < -0.4 is 5.73 Å². The number of hydrogen-bond acceptors (Lipinski definition) is 7. The fraction of sp³-hybridized carbons (Fsp3) is 0.688. The minimum atomic E-state index is -0.0894. The lowest BCUT2D eigenvalue weighted by Crippen LogP contribution is -2.66. The highest BCUT2D eigenvalue weighted by Gasteiger charge is 2.53. The van der Waals surface area contributed by atoms with Gasteiger partial charge in [0, 0.05) is 30.9 Å². The molecular weight excluding hydrogens is 539 g/mol. The number of benzene rings is 1. The average molecular weight is 596 g/mol. The Morgan fingerprint density at radius 2 is 1.85 bits per heavy atom. The van der Waals surface area contributed by atoms with Crippen molar-refractivity contribution in [3.8, 4) is 0 Å². The first-order valence-electron chi connectivity index (χ1n) is 14.7. The molecule has 0 saturated carbocycles. The molecule has 1 unspecified atom stereocenters. The maximum Gasteiger partial charge on any atom is 0.308 e. The van der Waals surface area contributed by atoms with Gasteiger partial charge in [0.1, 0.15) is 6.04 Å². The lowest BCUT2D eigenvalue weighted by molar-refractivity contribution is -0.145. The third kappa shape index (κ3) is 12.2. The van der Waals surface area contributed by atoms with Crippen molar-refractivity contribution >= 4 is 35.6 Å². The number of nitrogens with two attached hydrogens (primary N) is 1. The van der Waals surface area contributed by atoms with Crippen LogP contribution in [-0.4, -0.2) is 69.6 Å². The molecule has 2 aliphatic rings. The largest absolute Gasteiger partial charge is 0.469 e. The lowest BCUT2D eigenvalue weighted by atomic mass is 9.92. The van der Waals surface area contributed by atoms with E-state index in [2.05, 4.69) is 78.7 Å². The van der Waals surface area contributed by atoms with Gasteiger partial charge in [-0.3, -0.25) is 9.59 Å². The summed E-state index contributed by atoms with van der Waals surface area (Å²) in [6.45, 7) is 21.3. The Kier molecular flexibility index (Phi) is 19.7. The summed E-state index contributed by atoms with van der Waals surface area (Å²) in [5.74, 6) is 1.16. The van der Waals surface area contributed by atoms with Crippen LogP contribution in [0.25, 0.3) is 0 Å². The van der Waals surface area contributed by atoms with Crippen LogP contribution in [0.2, 0.25) is 0 Å². The summed E-state index contributed by atoms with van der Waals surface area (Å²) in [5.41, 5.74) is 8.87. The molecule has 8 heteroatoms. The molecule has 3 rings (SSSR count). The molecule has 1 aromatic rings. The van der Waals surface area contributed by atoms with Gasteiger partial charge in [-0.15, -0.1) is 6.58 Å². The molecule has 1 amide bonds. The number of unbranched alkanes of at least 4 members (excludes halogenated alkanes) is 1. The normalized spacial score (nSPS) is 20.3. The van der Waals surface area contributed by atoms with Crippen molar-refractivity contribution in [3.05, 3.63) is 48.0 Å². The van der Waals surface area contributed by atoms with Crippen molar-refractivity contribution in [1.82, 2.24) is 9.21 Å². The molecule has 2 N–H and O–H groups in total. The molecule has 230 valence electrons. The average Bonchev–Trinajstić information content (AvgIpc) is 2.92. The van der Waals surface area contributed by atoms with Gasteiger partial charge in [0.15, 0.2) is 0 Å². The van der Waals surface area contributed by atoms with E-state index in [-0.39, 0.29) is 40.7 Å². The maximum absolute atomic E-state index is 13.4. The molecule has 1 saturated heterocycles. The summed E-state index contributed by atoms with van der Waals surface area (Å²) >= 11 is 3.53.